The number of ether oxygens (including phenoxy) is 1. The number of methoxy groups -OCH3 is 1. The fraction of sp³-hybridized carbons (Fsp3) is 0.115. The van der Waals surface area contributed by atoms with Gasteiger partial charge in [-0.3, -0.25) is 9.36 Å². The molecule has 3 heterocycles. The van der Waals surface area contributed by atoms with Crippen LogP contribution in [0.1, 0.15) is 24.3 Å². The lowest BCUT2D eigenvalue weighted by atomic mass is 9.96. The number of carbonyl (C=O) groups is 1. The normalized spacial score (nSPS) is 15.7. The van der Waals surface area contributed by atoms with Gasteiger partial charge in [0.2, 0.25) is 0 Å². The Kier molecular flexibility index (Phi) is 6.35. The third-order valence-electron chi connectivity index (χ3n) is 5.64. The molecule has 1 aliphatic heterocycles. The van der Waals surface area contributed by atoms with E-state index in [9.17, 15) is 9.59 Å². The van der Waals surface area contributed by atoms with Crippen LogP contribution in [0.2, 0.25) is 5.02 Å². The van der Waals surface area contributed by atoms with Crippen LogP contribution in [-0.2, 0) is 9.53 Å². The lowest BCUT2D eigenvalue weighted by molar-refractivity contribution is -0.136. The molecule has 5 rings (SSSR count). The lowest BCUT2D eigenvalue weighted by Gasteiger charge is -2.24. The fourth-order valence-corrected chi connectivity index (χ4v) is 5.40. The van der Waals surface area contributed by atoms with Crippen LogP contribution in [0.4, 0.5) is 0 Å². The molecule has 0 saturated heterocycles. The Hall–Kier alpha value is -3.20. The van der Waals surface area contributed by atoms with Crippen LogP contribution in [0.3, 0.4) is 0 Å². The van der Waals surface area contributed by atoms with E-state index in [4.69, 9.17) is 20.8 Å². The Morgan fingerprint density at radius 1 is 1.14 bits per heavy atom. The highest BCUT2D eigenvalue weighted by atomic mass is 79.9. The number of carbonyl (C=O) groups excluding carboxylic acids is 1. The first-order valence-electron chi connectivity index (χ1n) is 10.6. The topological polar surface area (TPSA) is 73.8 Å². The number of halogens is 2. The average molecular weight is 570 g/mol. The summed E-state index contributed by atoms with van der Waals surface area (Å²) < 4.78 is 14.0. The first-order chi connectivity index (χ1) is 16.9. The molecule has 0 saturated carbocycles. The van der Waals surface area contributed by atoms with E-state index in [1.54, 1.807) is 37.3 Å². The molecule has 1 atom stereocenters. The summed E-state index contributed by atoms with van der Waals surface area (Å²) in [4.78, 5) is 31.3. The second-order valence-corrected chi connectivity index (χ2v) is 10.2. The van der Waals surface area contributed by atoms with Gasteiger partial charge in [-0.05, 0) is 48.9 Å². The van der Waals surface area contributed by atoms with Crippen molar-refractivity contribution in [3.63, 3.8) is 0 Å². The number of nitrogens with zero attached hydrogens (tertiary/aromatic N) is 2. The van der Waals surface area contributed by atoms with Crippen LogP contribution in [-0.4, -0.2) is 17.6 Å². The number of hydrogen-bond donors (Lipinski definition) is 0. The van der Waals surface area contributed by atoms with E-state index in [2.05, 4.69) is 20.9 Å². The Balaban J connectivity index is 1.64. The number of esters is 1. The van der Waals surface area contributed by atoms with Gasteiger partial charge in [0, 0.05) is 21.1 Å². The molecule has 0 aliphatic carbocycles. The molecule has 0 N–H and O–H groups in total. The summed E-state index contributed by atoms with van der Waals surface area (Å²) in [5.74, 6) is 0.699. The predicted molar refractivity (Wildman–Crippen MR) is 139 cm³/mol. The van der Waals surface area contributed by atoms with Crippen LogP contribution in [0.15, 0.2) is 90.6 Å². The highest BCUT2D eigenvalue weighted by molar-refractivity contribution is 9.10. The molecule has 9 heteroatoms. The van der Waals surface area contributed by atoms with Gasteiger partial charge in [0.1, 0.15) is 11.5 Å². The molecular weight excluding hydrogens is 552 g/mol. The largest absolute Gasteiger partial charge is 0.466 e. The molecule has 4 aromatic rings. The summed E-state index contributed by atoms with van der Waals surface area (Å²) >= 11 is 10.7. The van der Waals surface area contributed by atoms with Gasteiger partial charge in [-0.2, -0.15) is 0 Å². The van der Waals surface area contributed by atoms with E-state index in [1.165, 1.54) is 23.0 Å². The number of rotatable bonds is 4. The molecular formula is C26H18BrClN2O4S. The first kappa shape index (κ1) is 23.5. The molecule has 1 aliphatic rings. The third kappa shape index (κ3) is 4.45. The van der Waals surface area contributed by atoms with Crippen LogP contribution < -0.4 is 14.9 Å². The SMILES string of the molecule is COC(=O)C1=C(C)N=c2s/c(=C\c3ccc(-c4ccc(Br)cc4)o3)c(=O)n2[C@H]1c1ccc(Cl)cc1. The maximum absolute atomic E-state index is 13.6. The minimum absolute atomic E-state index is 0.274. The summed E-state index contributed by atoms with van der Waals surface area (Å²) in [5, 5.41) is 0.556. The molecule has 0 spiro atoms. The summed E-state index contributed by atoms with van der Waals surface area (Å²) in [6.45, 7) is 1.74. The number of fused-ring (bicyclic) bond motifs is 1. The van der Waals surface area contributed by atoms with Gasteiger partial charge in [-0.1, -0.05) is 63.1 Å². The van der Waals surface area contributed by atoms with Gasteiger partial charge in [0.25, 0.3) is 5.56 Å². The van der Waals surface area contributed by atoms with Crippen molar-refractivity contribution in [2.24, 2.45) is 4.99 Å². The molecule has 0 unspecified atom stereocenters. The number of furan rings is 1. The highest BCUT2D eigenvalue weighted by Gasteiger charge is 2.33. The number of benzene rings is 2. The molecule has 2 aromatic carbocycles. The van der Waals surface area contributed by atoms with Crippen molar-refractivity contribution in [1.29, 1.82) is 0 Å². The van der Waals surface area contributed by atoms with Crippen molar-refractivity contribution in [1.82, 2.24) is 4.57 Å². The van der Waals surface area contributed by atoms with Crippen molar-refractivity contribution in [2.75, 3.05) is 7.11 Å². The van der Waals surface area contributed by atoms with E-state index < -0.39 is 12.0 Å². The Morgan fingerprint density at radius 3 is 2.54 bits per heavy atom. The maximum atomic E-state index is 13.6. The molecule has 176 valence electrons. The highest BCUT2D eigenvalue weighted by Crippen LogP contribution is 2.31. The van der Waals surface area contributed by atoms with Crippen LogP contribution in [0, 0.1) is 0 Å². The van der Waals surface area contributed by atoms with Crippen molar-refractivity contribution >= 4 is 50.9 Å². The zero-order chi connectivity index (χ0) is 24.7. The number of hydrogen-bond acceptors (Lipinski definition) is 6. The maximum Gasteiger partial charge on any atom is 0.338 e. The third-order valence-corrected chi connectivity index (χ3v) is 7.41. The minimum Gasteiger partial charge on any atom is -0.466 e. The monoisotopic (exact) mass is 568 g/mol. The summed E-state index contributed by atoms with van der Waals surface area (Å²) in [5.41, 5.74) is 2.19. The van der Waals surface area contributed by atoms with Gasteiger partial charge < -0.3 is 9.15 Å². The average Bonchev–Trinajstić information content (AvgIpc) is 3.43. The van der Waals surface area contributed by atoms with E-state index in [0.29, 0.717) is 37.1 Å². The Morgan fingerprint density at radius 2 is 1.86 bits per heavy atom. The van der Waals surface area contributed by atoms with E-state index in [0.717, 1.165) is 15.6 Å². The van der Waals surface area contributed by atoms with Crippen molar-refractivity contribution < 1.29 is 13.9 Å². The quantitative estimate of drug-likeness (QED) is 0.321. The minimum atomic E-state index is -0.687. The predicted octanol–water partition coefficient (Wildman–Crippen LogP) is 5.08. The molecule has 0 amide bonds. The molecule has 6 nitrogen and oxygen atoms in total. The van der Waals surface area contributed by atoms with E-state index in [1.807, 2.05) is 36.4 Å². The fourth-order valence-electron chi connectivity index (χ4n) is 3.98. The number of aromatic nitrogens is 1. The molecule has 0 radical (unpaired) electrons. The van der Waals surface area contributed by atoms with Crippen molar-refractivity contribution in [2.45, 2.75) is 13.0 Å². The summed E-state index contributed by atoms with van der Waals surface area (Å²) in [7, 11) is 1.31. The Labute approximate surface area is 217 Å². The summed E-state index contributed by atoms with van der Waals surface area (Å²) in [6.07, 6.45) is 1.70. The van der Waals surface area contributed by atoms with Gasteiger partial charge in [-0.25, -0.2) is 9.79 Å². The van der Waals surface area contributed by atoms with E-state index in [-0.39, 0.29) is 5.56 Å². The Bertz CT molecular complexity index is 1650. The smallest absolute Gasteiger partial charge is 0.338 e. The van der Waals surface area contributed by atoms with Crippen molar-refractivity contribution in [3.8, 4) is 11.3 Å². The molecule has 35 heavy (non-hydrogen) atoms. The first-order valence-corrected chi connectivity index (χ1v) is 12.6. The van der Waals surface area contributed by atoms with Gasteiger partial charge in [0.05, 0.1) is 29.0 Å². The van der Waals surface area contributed by atoms with Gasteiger partial charge in [0.15, 0.2) is 4.80 Å². The lowest BCUT2D eigenvalue weighted by Crippen LogP contribution is -2.39. The van der Waals surface area contributed by atoms with Crippen LogP contribution in [0.25, 0.3) is 17.4 Å². The van der Waals surface area contributed by atoms with Gasteiger partial charge >= 0.3 is 5.97 Å². The van der Waals surface area contributed by atoms with E-state index >= 15 is 0 Å². The zero-order valence-electron chi connectivity index (χ0n) is 18.6. The molecule has 2 aromatic heterocycles. The van der Waals surface area contributed by atoms with Crippen LogP contribution in [0.5, 0.6) is 0 Å². The zero-order valence-corrected chi connectivity index (χ0v) is 21.8. The standard InChI is InChI=1S/C26H18BrClN2O4S/c1-14-22(25(32)33-2)23(16-5-9-18(28)10-6-16)30-24(31)21(35-26(30)29-14)13-19-11-12-20(34-19)15-3-7-17(27)8-4-15/h3-13,23H,1-2H3/b21-13-/t23-/m0/s1. The second-order valence-electron chi connectivity index (χ2n) is 7.83. The van der Waals surface area contributed by atoms with Gasteiger partial charge in [-0.15, -0.1) is 0 Å². The molecule has 0 fully saturated rings. The van der Waals surface area contributed by atoms with Crippen molar-refractivity contribution in [3.05, 3.63) is 112 Å². The van der Waals surface area contributed by atoms with Crippen LogP contribution >= 0.6 is 38.9 Å². The summed E-state index contributed by atoms with van der Waals surface area (Å²) in [6, 6.07) is 17.8. The number of thiazole rings is 1. The molecule has 0 bridgehead atoms. The second kappa shape index (κ2) is 9.45. The number of allylic oxidation sites excluding steroid dienone is 1.